The average molecular weight is 384 g/mol. The number of rotatable bonds is 6. The number of benzene rings is 1. The lowest BCUT2D eigenvalue weighted by molar-refractivity contribution is 0.358. The molecule has 1 aliphatic rings. The Labute approximate surface area is 167 Å². The molecule has 150 valence electrons. The van der Waals surface area contributed by atoms with Gasteiger partial charge in [0.25, 0.3) is 0 Å². The van der Waals surface area contributed by atoms with Gasteiger partial charge in [-0.2, -0.15) is 0 Å². The van der Waals surface area contributed by atoms with Gasteiger partial charge < -0.3 is 15.5 Å². The van der Waals surface area contributed by atoms with Crippen molar-refractivity contribution in [3.8, 4) is 0 Å². The first kappa shape index (κ1) is 20.1. The fourth-order valence-electron chi connectivity index (χ4n) is 3.60. The van der Waals surface area contributed by atoms with E-state index in [4.69, 9.17) is 0 Å². The van der Waals surface area contributed by atoms with Crippen molar-refractivity contribution in [3.05, 3.63) is 60.0 Å². The van der Waals surface area contributed by atoms with Gasteiger partial charge in [-0.1, -0.05) is 44.2 Å². The normalized spacial score (nSPS) is 17.6. The Morgan fingerprint density at radius 1 is 1.25 bits per heavy atom. The second kappa shape index (κ2) is 9.04. The first-order valence-electron chi connectivity index (χ1n) is 9.83. The molecule has 1 saturated heterocycles. The highest BCUT2D eigenvalue weighted by Crippen LogP contribution is 2.22. The van der Waals surface area contributed by atoms with Crippen molar-refractivity contribution in [3.63, 3.8) is 0 Å². The van der Waals surface area contributed by atoms with Crippen molar-refractivity contribution >= 4 is 11.8 Å². The molecule has 0 radical (unpaired) electrons. The number of anilines is 1. The smallest absolute Gasteiger partial charge is 0.191 e. The molecule has 1 fully saturated rings. The van der Waals surface area contributed by atoms with E-state index in [1.165, 1.54) is 11.6 Å². The maximum absolute atomic E-state index is 14.0. The first-order chi connectivity index (χ1) is 13.5. The van der Waals surface area contributed by atoms with Gasteiger partial charge in [-0.25, -0.2) is 9.37 Å². The molecule has 0 spiro atoms. The SMILES string of the molecule is CN=C(NCC(C)(C)Cc1ccccc1)NC1CCN(c2ncccc2F)C1. The number of pyridine rings is 1. The number of aromatic nitrogens is 1. The summed E-state index contributed by atoms with van der Waals surface area (Å²) in [4.78, 5) is 10.5. The Hall–Kier alpha value is -2.63. The van der Waals surface area contributed by atoms with Gasteiger partial charge in [0, 0.05) is 38.9 Å². The molecule has 1 aromatic carbocycles. The predicted molar refractivity (Wildman–Crippen MR) is 113 cm³/mol. The number of halogens is 1. The summed E-state index contributed by atoms with van der Waals surface area (Å²) in [6.07, 6.45) is 3.55. The highest BCUT2D eigenvalue weighted by molar-refractivity contribution is 5.80. The number of nitrogens with zero attached hydrogens (tertiary/aromatic N) is 3. The van der Waals surface area contributed by atoms with Crippen molar-refractivity contribution in [2.45, 2.75) is 32.7 Å². The molecule has 0 aliphatic carbocycles. The van der Waals surface area contributed by atoms with E-state index in [0.717, 1.165) is 31.9 Å². The minimum atomic E-state index is -0.270. The van der Waals surface area contributed by atoms with E-state index in [1.54, 1.807) is 19.3 Å². The fourth-order valence-corrected chi connectivity index (χ4v) is 3.60. The van der Waals surface area contributed by atoms with Gasteiger partial charge in [-0.15, -0.1) is 0 Å². The van der Waals surface area contributed by atoms with E-state index in [9.17, 15) is 4.39 Å². The molecule has 0 amide bonds. The number of nitrogens with one attached hydrogen (secondary N) is 2. The lowest BCUT2D eigenvalue weighted by atomic mass is 9.86. The molecule has 2 aromatic rings. The van der Waals surface area contributed by atoms with E-state index >= 15 is 0 Å². The molecule has 1 aliphatic heterocycles. The van der Waals surface area contributed by atoms with E-state index in [-0.39, 0.29) is 17.3 Å². The molecule has 0 bridgehead atoms. The number of hydrogen-bond acceptors (Lipinski definition) is 3. The van der Waals surface area contributed by atoms with Crippen LogP contribution >= 0.6 is 0 Å². The molecule has 0 saturated carbocycles. The third-order valence-electron chi connectivity index (χ3n) is 5.05. The maximum atomic E-state index is 14.0. The van der Waals surface area contributed by atoms with Gasteiger partial charge >= 0.3 is 0 Å². The van der Waals surface area contributed by atoms with Gasteiger partial charge in [-0.05, 0) is 36.0 Å². The van der Waals surface area contributed by atoms with E-state index in [1.807, 2.05) is 11.0 Å². The van der Waals surface area contributed by atoms with Gasteiger partial charge in [-0.3, -0.25) is 4.99 Å². The fraction of sp³-hybridized carbons (Fsp3) is 0.455. The highest BCUT2D eigenvalue weighted by atomic mass is 19.1. The summed E-state index contributed by atoms with van der Waals surface area (Å²) in [5.74, 6) is 0.946. The van der Waals surface area contributed by atoms with Gasteiger partial charge in [0.1, 0.15) is 0 Å². The number of hydrogen-bond donors (Lipinski definition) is 2. The average Bonchev–Trinajstić information content (AvgIpc) is 3.14. The predicted octanol–water partition coefficient (Wildman–Crippen LogP) is 3.23. The Balaban J connectivity index is 1.50. The van der Waals surface area contributed by atoms with Crippen LogP contribution in [0, 0.1) is 11.2 Å². The zero-order chi connectivity index (χ0) is 20.0. The molecular weight excluding hydrogens is 353 g/mol. The van der Waals surface area contributed by atoms with Gasteiger partial charge in [0.2, 0.25) is 0 Å². The van der Waals surface area contributed by atoms with E-state index < -0.39 is 0 Å². The number of guanidine groups is 1. The van der Waals surface area contributed by atoms with Gasteiger partial charge in [0.15, 0.2) is 17.6 Å². The van der Waals surface area contributed by atoms with Crippen LogP contribution in [-0.4, -0.2) is 43.7 Å². The molecule has 1 aromatic heterocycles. The van der Waals surface area contributed by atoms with Crippen LogP contribution in [0.4, 0.5) is 10.2 Å². The van der Waals surface area contributed by atoms with Crippen LogP contribution in [0.15, 0.2) is 53.7 Å². The largest absolute Gasteiger partial charge is 0.356 e. The molecular formula is C22H30FN5. The lowest BCUT2D eigenvalue weighted by Crippen LogP contribution is -2.47. The summed E-state index contributed by atoms with van der Waals surface area (Å²) in [6.45, 7) is 6.81. The zero-order valence-electron chi connectivity index (χ0n) is 17.0. The first-order valence-corrected chi connectivity index (χ1v) is 9.83. The van der Waals surface area contributed by atoms with Gasteiger partial charge in [0.05, 0.1) is 0 Å². The summed E-state index contributed by atoms with van der Waals surface area (Å²) >= 11 is 0. The summed E-state index contributed by atoms with van der Waals surface area (Å²) in [5, 5.41) is 6.92. The standard InChI is InChI=1S/C22H30FN5/c1-22(2,14-17-8-5-4-6-9-17)16-26-21(24-3)27-18-11-13-28(15-18)20-19(23)10-7-12-25-20/h4-10,12,18H,11,13-16H2,1-3H3,(H2,24,26,27). The second-order valence-corrected chi connectivity index (χ2v) is 8.14. The van der Waals surface area contributed by atoms with Crippen LogP contribution in [0.3, 0.4) is 0 Å². The van der Waals surface area contributed by atoms with Crippen LogP contribution < -0.4 is 15.5 Å². The summed E-state index contributed by atoms with van der Waals surface area (Å²) in [5.41, 5.74) is 1.43. The van der Waals surface area contributed by atoms with E-state index in [2.05, 4.69) is 58.7 Å². The maximum Gasteiger partial charge on any atom is 0.191 e. The summed E-state index contributed by atoms with van der Waals surface area (Å²) in [7, 11) is 1.78. The molecule has 6 heteroatoms. The molecule has 2 N–H and O–H groups in total. The van der Waals surface area contributed by atoms with Crippen LogP contribution in [0.2, 0.25) is 0 Å². The third-order valence-corrected chi connectivity index (χ3v) is 5.05. The molecule has 1 unspecified atom stereocenters. The minimum absolute atomic E-state index is 0.0950. The number of aliphatic imine (C=N–C) groups is 1. The quantitative estimate of drug-likeness (QED) is 0.594. The van der Waals surface area contributed by atoms with Crippen LogP contribution in [-0.2, 0) is 6.42 Å². The Morgan fingerprint density at radius 2 is 2.04 bits per heavy atom. The van der Waals surface area contributed by atoms with Crippen molar-refractivity contribution in [2.24, 2.45) is 10.4 Å². The third kappa shape index (κ3) is 5.44. The Morgan fingerprint density at radius 3 is 2.75 bits per heavy atom. The molecule has 28 heavy (non-hydrogen) atoms. The molecule has 2 heterocycles. The van der Waals surface area contributed by atoms with Crippen molar-refractivity contribution in [1.29, 1.82) is 0 Å². The zero-order valence-corrected chi connectivity index (χ0v) is 17.0. The van der Waals surface area contributed by atoms with Crippen LogP contribution in [0.5, 0.6) is 0 Å². The van der Waals surface area contributed by atoms with Crippen molar-refractivity contribution in [1.82, 2.24) is 15.6 Å². The topological polar surface area (TPSA) is 52.6 Å². The monoisotopic (exact) mass is 383 g/mol. The molecule has 1 atom stereocenters. The van der Waals surface area contributed by atoms with Crippen molar-refractivity contribution < 1.29 is 4.39 Å². The molecule has 5 nitrogen and oxygen atoms in total. The highest BCUT2D eigenvalue weighted by Gasteiger charge is 2.26. The second-order valence-electron chi connectivity index (χ2n) is 8.14. The Bertz CT molecular complexity index is 791. The van der Waals surface area contributed by atoms with E-state index in [0.29, 0.717) is 12.4 Å². The molecule has 3 rings (SSSR count). The summed E-state index contributed by atoms with van der Waals surface area (Å²) in [6, 6.07) is 13.8. The van der Waals surface area contributed by atoms with Crippen molar-refractivity contribution in [2.75, 3.05) is 31.6 Å². The minimum Gasteiger partial charge on any atom is -0.356 e. The van der Waals surface area contributed by atoms with Crippen LogP contribution in [0.1, 0.15) is 25.8 Å². The van der Waals surface area contributed by atoms with Crippen LogP contribution in [0.25, 0.3) is 0 Å². The lowest BCUT2D eigenvalue weighted by Gasteiger charge is -2.27. The summed E-state index contributed by atoms with van der Waals surface area (Å²) < 4.78 is 14.0. The Kier molecular flexibility index (Phi) is 6.49.